The highest BCUT2D eigenvalue weighted by atomic mass is 32.1. The number of nitrogens with two attached hydrogens (primary N) is 1. The lowest BCUT2D eigenvalue weighted by molar-refractivity contribution is 0.107. The van der Waals surface area contributed by atoms with Gasteiger partial charge in [-0.15, -0.1) is 11.3 Å². The number of hydrogen-bond donors (Lipinski definition) is 1. The van der Waals surface area contributed by atoms with Crippen LogP contribution < -0.4 is 5.73 Å². The van der Waals surface area contributed by atoms with E-state index in [1.54, 1.807) is 11.3 Å². The van der Waals surface area contributed by atoms with Crippen molar-refractivity contribution in [3.05, 3.63) is 16.1 Å². The number of aryl methyl sites for hydroxylation is 1. The highest BCUT2D eigenvalue weighted by Crippen LogP contribution is 2.23. The fraction of sp³-hybridized carbons (Fsp3) is 0.750. The molecule has 0 atom stereocenters. The van der Waals surface area contributed by atoms with Crippen molar-refractivity contribution in [2.24, 2.45) is 5.73 Å². The summed E-state index contributed by atoms with van der Waals surface area (Å²) in [6, 6.07) is 0. The molecule has 0 radical (unpaired) electrons. The Morgan fingerprint density at radius 3 is 2.44 bits per heavy atom. The molecule has 0 amide bonds. The fourth-order valence-electron chi connectivity index (χ4n) is 2.13. The quantitative estimate of drug-likeness (QED) is 0.831. The lowest BCUT2D eigenvalue weighted by Gasteiger charge is -2.39. The van der Waals surface area contributed by atoms with Gasteiger partial charge in [0.05, 0.1) is 10.7 Å². The minimum absolute atomic E-state index is 0.123. The SMILES string of the molecule is CCC(CC)(CN)N(C)Cc1csc(C)n1. The molecule has 1 aromatic heterocycles. The summed E-state index contributed by atoms with van der Waals surface area (Å²) in [5.41, 5.74) is 7.21. The van der Waals surface area contributed by atoms with Crippen LogP contribution in [0.4, 0.5) is 0 Å². The second-order valence-electron chi connectivity index (χ2n) is 4.35. The number of hydrogen-bond acceptors (Lipinski definition) is 4. The van der Waals surface area contributed by atoms with E-state index in [1.807, 2.05) is 6.92 Å². The Balaban J connectivity index is 2.72. The van der Waals surface area contributed by atoms with Gasteiger partial charge in [0.25, 0.3) is 0 Å². The molecular formula is C12H23N3S. The first kappa shape index (κ1) is 13.6. The Bertz CT molecular complexity index is 310. The van der Waals surface area contributed by atoms with Gasteiger partial charge in [0, 0.05) is 24.0 Å². The molecule has 2 N–H and O–H groups in total. The van der Waals surface area contributed by atoms with Crippen molar-refractivity contribution in [3.63, 3.8) is 0 Å². The van der Waals surface area contributed by atoms with Crippen LogP contribution in [0.5, 0.6) is 0 Å². The zero-order valence-electron chi connectivity index (χ0n) is 10.8. The zero-order chi connectivity index (χ0) is 12.2. The predicted molar refractivity (Wildman–Crippen MR) is 70.7 cm³/mol. The smallest absolute Gasteiger partial charge is 0.0897 e. The molecule has 3 nitrogen and oxygen atoms in total. The predicted octanol–water partition coefficient (Wildman–Crippen LogP) is 2.40. The van der Waals surface area contributed by atoms with E-state index in [2.05, 4.69) is 36.2 Å². The monoisotopic (exact) mass is 241 g/mol. The van der Waals surface area contributed by atoms with Crippen LogP contribution in [0.25, 0.3) is 0 Å². The third-order valence-electron chi connectivity index (χ3n) is 3.57. The van der Waals surface area contributed by atoms with Gasteiger partial charge in [-0.2, -0.15) is 0 Å². The Labute approximate surface area is 103 Å². The summed E-state index contributed by atoms with van der Waals surface area (Å²) in [7, 11) is 2.15. The normalized spacial score (nSPS) is 12.4. The topological polar surface area (TPSA) is 42.1 Å². The molecular weight excluding hydrogens is 218 g/mol. The maximum Gasteiger partial charge on any atom is 0.0897 e. The molecule has 0 unspecified atom stereocenters. The second kappa shape index (κ2) is 5.75. The standard InChI is InChI=1S/C12H23N3S/c1-5-12(6-2,9-13)15(4)7-11-8-16-10(3)14-11/h8H,5-7,9,13H2,1-4H3. The highest BCUT2D eigenvalue weighted by Gasteiger charge is 2.29. The Morgan fingerprint density at radius 2 is 2.06 bits per heavy atom. The average molecular weight is 241 g/mol. The first-order chi connectivity index (χ1) is 7.57. The summed E-state index contributed by atoms with van der Waals surface area (Å²) in [6.07, 6.45) is 2.17. The fourth-order valence-corrected chi connectivity index (χ4v) is 2.73. The number of rotatable bonds is 6. The molecule has 0 aliphatic carbocycles. The number of aromatic nitrogens is 1. The molecule has 0 bridgehead atoms. The number of likely N-dealkylation sites (N-methyl/N-ethyl adjacent to an activating group) is 1. The molecule has 1 heterocycles. The Morgan fingerprint density at radius 1 is 1.44 bits per heavy atom. The van der Waals surface area contributed by atoms with Crippen LogP contribution in [-0.4, -0.2) is 29.0 Å². The molecule has 0 aliphatic rings. The van der Waals surface area contributed by atoms with Crippen LogP contribution in [0.2, 0.25) is 0 Å². The molecule has 0 saturated heterocycles. The average Bonchev–Trinajstić information content (AvgIpc) is 2.67. The molecule has 1 aromatic rings. The van der Waals surface area contributed by atoms with E-state index in [9.17, 15) is 0 Å². The third kappa shape index (κ3) is 2.81. The van der Waals surface area contributed by atoms with Crippen molar-refractivity contribution >= 4 is 11.3 Å². The number of nitrogens with zero attached hydrogens (tertiary/aromatic N) is 2. The lowest BCUT2D eigenvalue weighted by atomic mass is 9.91. The van der Waals surface area contributed by atoms with Crippen LogP contribution in [0, 0.1) is 6.92 Å². The van der Waals surface area contributed by atoms with Gasteiger partial charge in [-0.1, -0.05) is 13.8 Å². The lowest BCUT2D eigenvalue weighted by Crippen LogP contribution is -2.50. The third-order valence-corrected chi connectivity index (χ3v) is 4.39. The largest absolute Gasteiger partial charge is 0.329 e. The summed E-state index contributed by atoms with van der Waals surface area (Å²) in [4.78, 5) is 6.85. The van der Waals surface area contributed by atoms with Crippen molar-refractivity contribution in [1.82, 2.24) is 9.88 Å². The molecule has 1 rings (SSSR count). The van der Waals surface area contributed by atoms with Crippen molar-refractivity contribution < 1.29 is 0 Å². The van der Waals surface area contributed by atoms with E-state index in [-0.39, 0.29) is 5.54 Å². The van der Waals surface area contributed by atoms with E-state index < -0.39 is 0 Å². The second-order valence-corrected chi connectivity index (χ2v) is 5.41. The maximum absolute atomic E-state index is 5.93. The summed E-state index contributed by atoms with van der Waals surface area (Å²) >= 11 is 1.71. The van der Waals surface area contributed by atoms with Gasteiger partial charge in [0.1, 0.15) is 0 Å². The molecule has 16 heavy (non-hydrogen) atoms. The minimum Gasteiger partial charge on any atom is -0.329 e. The molecule has 92 valence electrons. The van der Waals surface area contributed by atoms with Crippen LogP contribution in [0.3, 0.4) is 0 Å². The van der Waals surface area contributed by atoms with Crippen LogP contribution in [0.1, 0.15) is 37.4 Å². The van der Waals surface area contributed by atoms with Crippen molar-refractivity contribution in [1.29, 1.82) is 0 Å². The van der Waals surface area contributed by atoms with E-state index in [0.29, 0.717) is 6.54 Å². The summed E-state index contributed by atoms with van der Waals surface area (Å²) in [5, 5.41) is 3.27. The minimum atomic E-state index is 0.123. The molecule has 0 aromatic carbocycles. The van der Waals surface area contributed by atoms with Gasteiger partial charge in [-0.25, -0.2) is 4.98 Å². The first-order valence-corrected chi connectivity index (χ1v) is 6.78. The van der Waals surface area contributed by atoms with E-state index in [4.69, 9.17) is 5.73 Å². The van der Waals surface area contributed by atoms with Crippen molar-refractivity contribution in [3.8, 4) is 0 Å². The van der Waals surface area contributed by atoms with Crippen LogP contribution in [-0.2, 0) is 6.54 Å². The highest BCUT2D eigenvalue weighted by molar-refractivity contribution is 7.09. The molecule has 0 saturated carbocycles. The first-order valence-electron chi connectivity index (χ1n) is 5.90. The van der Waals surface area contributed by atoms with E-state index in [1.165, 1.54) is 0 Å². The van der Waals surface area contributed by atoms with Gasteiger partial charge in [0.2, 0.25) is 0 Å². The summed E-state index contributed by atoms with van der Waals surface area (Å²) in [6.45, 7) is 8.06. The van der Waals surface area contributed by atoms with Crippen molar-refractivity contribution in [2.75, 3.05) is 13.6 Å². The van der Waals surface area contributed by atoms with Gasteiger partial charge in [0.15, 0.2) is 0 Å². The van der Waals surface area contributed by atoms with Crippen LogP contribution in [0.15, 0.2) is 5.38 Å². The molecule has 0 spiro atoms. The molecule has 4 heteroatoms. The molecule has 0 fully saturated rings. The Kier molecular flexibility index (Phi) is 4.89. The molecule has 0 aliphatic heterocycles. The van der Waals surface area contributed by atoms with E-state index >= 15 is 0 Å². The maximum atomic E-state index is 5.93. The van der Waals surface area contributed by atoms with Gasteiger partial charge in [-0.05, 0) is 26.8 Å². The van der Waals surface area contributed by atoms with E-state index in [0.717, 1.165) is 30.1 Å². The number of thiazole rings is 1. The van der Waals surface area contributed by atoms with Gasteiger partial charge in [-0.3, -0.25) is 4.90 Å². The van der Waals surface area contributed by atoms with Crippen LogP contribution >= 0.6 is 11.3 Å². The zero-order valence-corrected chi connectivity index (χ0v) is 11.6. The van der Waals surface area contributed by atoms with Gasteiger partial charge < -0.3 is 5.73 Å². The summed E-state index contributed by atoms with van der Waals surface area (Å²) < 4.78 is 0. The van der Waals surface area contributed by atoms with Gasteiger partial charge >= 0.3 is 0 Å². The summed E-state index contributed by atoms with van der Waals surface area (Å²) in [5.74, 6) is 0. The van der Waals surface area contributed by atoms with Crippen molar-refractivity contribution in [2.45, 2.75) is 45.7 Å². The Hall–Kier alpha value is -0.450.